The molecule has 7 nitrogen and oxygen atoms in total. The van der Waals surface area contributed by atoms with Crippen LogP contribution in [-0.2, 0) is 4.74 Å². The fourth-order valence-corrected chi connectivity index (χ4v) is 3.38. The van der Waals surface area contributed by atoms with Crippen molar-refractivity contribution in [3.63, 3.8) is 0 Å². The number of likely N-dealkylation sites (tertiary alicyclic amines) is 1. The smallest absolute Gasteiger partial charge is 0.114 e. The van der Waals surface area contributed by atoms with E-state index >= 15 is 0 Å². The summed E-state index contributed by atoms with van der Waals surface area (Å²) in [6.45, 7) is 2.45. The molecule has 0 amide bonds. The highest BCUT2D eigenvalue weighted by Crippen LogP contribution is 2.28. The second-order valence-electron chi connectivity index (χ2n) is 6.39. The van der Waals surface area contributed by atoms with E-state index in [1.165, 1.54) is 0 Å². The molecule has 0 saturated carbocycles. The summed E-state index contributed by atoms with van der Waals surface area (Å²) < 4.78 is 5.58. The van der Waals surface area contributed by atoms with Crippen molar-refractivity contribution in [3.05, 3.63) is 11.8 Å². The molecule has 0 spiro atoms. The first-order chi connectivity index (χ1) is 10.6. The van der Waals surface area contributed by atoms with Crippen molar-refractivity contribution in [2.75, 3.05) is 33.4 Å². The molecule has 0 radical (unpaired) electrons. The lowest BCUT2D eigenvalue weighted by Crippen LogP contribution is -2.43. The van der Waals surface area contributed by atoms with Crippen molar-refractivity contribution >= 4 is 6.21 Å². The van der Waals surface area contributed by atoms with Crippen molar-refractivity contribution in [2.45, 2.75) is 43.3 Å². The molecule has 0 aromatic heterocycles. The molecule has 7 heteroatoms. The third kappa shape index (κ3) is 3.04. The van der Waals surface area contributed by atoms with Gasteiger partial charge in [-0.05, 0) is 33.0 Å². The van der Waals surface area contributed by atoms with E-state index < -0.39 is 24.4 Å². The molecule has 3 rings (SSSR count). The van der Waals surface area contributed by atoms with Gasteiger partial charge in [0.15, 0.2) is 0 Å². The Hall–Kier alpha value is -0.990. The van der Waals surface area contributed by atoms with Gasteiger partial charge in [-0.15, -0.1) is 0 Å². The lowest BCUT2D eigenvalue weighted by Gasteiger charge is -2.37. The first kappa shape index (κ1) is 15.9. The lowest BCUT2D eigenvalue weighted by molar-refractivity contribution is -0.0134. The van der Waals surface area contributed by atoms with E-state index in [0.29, 0.717) is 12.7 Å². The molecular formula is C15H25N3O4. The van der Waals surface area contributed by atoms with Crippen LogP contribution in [0.25, 0.3) is 0 Å². The molecule has 124 valence electrons. The molecule has 0 aromatic rings. The molecule has 2 fully saturated rings. The first-order valence-electron chi connectivity index (χ1n) is 7.88. The second kappa shape index (κ2) is 6.64. The molecule has 0 unspecified atom stereocenters. The number of hydrogen-bond acceptors (Lipinski definition) is 7. The van der Waals surface area contributed by atoms with Crippen LogP contribution in [0.1, 0.15) is 12.8 Å². The number of aliphatic hydroxyl groups excluding tert-OH is 3. The molecular weight excluding hydrogens is 286 g/mol. The fraction of sp³-hybridized carbons (Fsp3) is 0.800. The quantitative estimate of drug-likeness (QED) is 0.606. The Bertz CT molecular complexity index is 448. The van der Waals surface area contributed by atoms with E-state index in [2.05, 4.69) is 21.8 Å². The third-order valence-electron chi connectivity index (χ3n) is 4.83. The minimum atomic E-state index is -1.07. The van der Waals surface area contributed by atoms with Crippen LogP contribution in [-0.4, -0.2) is 95.2 Å². The topological polar surface area (TPSA) is 88.8 Å². The maximum atomic E-state index is 10.1. The van der Waals surface area contributed by atoms with Gasteiger partial charge in [-0.25, -0.2) is 0 Å². The average Bonchev–Trinajstić information content (AvgIpc) is 2.84. The predicted molar refractivity (Wildman–Crippen MR) is 81.6 cm³/mol. The monoisotopic (exact) mass is 311 g/mol. The summed E-state index contributed by atoms with van der Waals surface area (Å²) in [7, 11) is 2.13. The molecule has 3 aliphatic rings. The SMILES string of the molecule is CN1CCC(N2C=C([C@@H]3O[C@H](CO)[C@@H](O)[C@H]3O)C=NC2)CC1. The number of piperidine rings is 1. The standard InChI is InChI=1S/C15H25N3O4/c1-17-4-2-11(3-5-17)18-7-10(6-16-9-18)15-14(21)13(20)12(8-19)22-15/h6-7,11-15,19-21H,2-5,8-9H2,1H3/t12-,13-,14-,15+/m1/s1. The highest BCUT2D eigenvalue weighted by atomic mass is 16.6. The predicted octanol–water partition coefficient (Wildman–Crippen LogP) is -1.21. The van der Waals surface area contributed by atoms with E-state index in [1.54, 1.807) is 6.21 Å². The van der Waals surface area contributed by atoms with Crippen LogP contribution in [0.15, 0.2) is 16.8 Å². The zero-order valence-corrected chi connectivity index (χ0v) is 12.9. The van der Waals surface area contributed by atoms with Crippen LogP contribution in [0.3, 0.4) is 0 Å². The van der Waals surface area contributed by atoms with E-state index in [9.17, 15) is 15.3 Å². The summed E-state index contributed by atoms with van der Waals surface area (Å²) in [5.74, 6) is 0. The zero-order chi connectivity index (χ0) is 15.7. The number of ether oxygens (including phenoxy) is 1. The lowest BCUT2D eigenvalue weighted by atomic mass is 10.0. The molecule has 3 heterocycles. The molecule has 3 N–H and O–H groups in total. The maximum absolute atomic E-state index is 10.1. The number of aliphatic imine (C=N–C) groups is 1. The second-order valence-corrected chi connectivity index (χ2v) is 6.39. The average molecular weight is 311 g/mol. The summed E-state index contributed by atoms with van der Waals surface area (Å²) in [6.07, 6.45) is 2.39. The van der Waals surface area contributed by atoms with Gasteiger partial charge in [0.25, 0.3) is 0 Å². The Morgan fingerprint density at radius 2 is 2.00 bits per heavy atom. The highest BCUT2D eigenvalue weighted by Gasteiger charge is 2.44. The zero-order valence-electron chi connectivity index (χ0n) is 12.9. The van der Waals surface area contributed by atoms with Crippen LogP contribution in [0.2, 0.25) is 0 Å². The molecule has 4 atom stereocenters. The van der Waals surface area contributed by atoms with Gasteiger partial charge < -0.3 is 29.9 Å². The number of rotatable bonds is 3. The molecule has 3 aliphatic heterocycles. The Balaban J connectivity index is 1.69. The highest BCUT2D eigenvalue weighted by molar-refractivity contribution is 5.80. The van der Waals surface area contributed by atoms with Gasteiger partial charge in [0.2, 0.25) is 0 Å². The minimum Gasteiger partial charge on any atom is -0.394 e. The van der Waals surface area contributed by atoms with Gasteiger partial charge in [0.05, 0.1) is 6.61 Å². The van der Waals surface area contributed by atoms with Gasteiger partial charge in [-0.3, -0.25) is 4.99 Å². The van der Waals surface area contributed by atoms with Crippen molar-refractivity contribution in [3.8, 4) is 0 Å². The molecule has 2 saturated heterocycles. The number of hydrogen-bond donors (Lipinski definition) is 3. The van der Waals surface area contributed by atoms with Crippen molar-refractivity contribution in [1.82, 2.24) is 9.80 Å². The third-order valence-corrected chi connectivity index (χ3v) is 4.83. The number of nitrogens with zero attached hydrogens (tertiary/aromatic N) is 3. The minimum absolute atomic E-state index is 0.308. The van der Waals surface area contributed by atoms with Gasteiger partial charge in [-0.1, -0.05) is 0 Å². The normalized spacial score (nSPS) is 37.6. The van der Waals surface area contributed by atoms with Crippen molar-refractivity contribution < 1.29 is 20.1 Å². The Kier molecular flexibility index (Phi) is 4.79. The summed E-state index contributed by atoms with van der Waals surface area (Å²) in [5, 5.41) is 29.2. The summed E-state index contributed by atoms with van der Waals surface area (Å²) >= 11 is 0. The van der Waals surface area contributed by atoms with Gasteiger partial charge in [0, 0.05) is 24.0 Å². The van der Waals surface area contributed by atoms with Crippen LogP contribution in [0, 0.1) is 0 Å². The van der Waals surface area contributed by atoms with Crippen LogP contribution >= 0.6 is 0 Å². The molecule has 0 aromatic carbocycles. The van der Waals surface area contributed by atoms with Gasteiger partial charge in [-0.2, -0.15) is 0 Å². The van der Waals surface area contributed by atoms with Crippen molar-refractivity contribution in [2.24, 2.45) is 4.99 Å². The molecule has 0 bridgehead atoms. The van der Waals surface area contributed by atoms with E-state index in [4.69, 9.17) is 4.74 Å². The van der Waals surface area contributed by atoms with Crippen LogP contribution < -0.4 is 0 Å². The van der Waals surface area contributed by atoms with Gasteiger partial charge in [0.1, 0.15) is 31.1 Å². The Morgan fingerprint density at radius 3 is 2.64 bits per heavy atom. The van der Waals surface area contributed by atoms with E-state index in [0.717, 1.165) is 31.5 Å². The first-order valence-corrected chi connectivity index (χ1v) is 7.88. The molecule has 0 aliphatic carbocycles. The Labute approximate surface area is 130 Å². The number of aliphatic hydroxyl groups is 3. The van der Waals surface area contributed by atoms with Crippen molar-refractivity contribution in [1.29, 1.82) is 0 Å². The van der Waals surface area contributed by atoms with E-state index in [-0.39, 0.29) is 6.61 Å². The fourth-order valence-electron chi connectivity index (χ4n) is 3.38. The van der Waals surface area contributed by atoms with Crippen LogP contribution in [0.4, 0.5) is 0 Å². The summed E-state index contributed by atoms with van der Waals surface area (Å²) in [4.78, 5) is 8.88. The summed E-state index contributed by atoms with van der Waals surface area (Å²) in [6, 6.07) is 0.445. The van der Waals surface area contributed by atoms with E-state index in [1.807, 2.05) is 6.20 Å². The Morgan fingerprint density at radius 1 is 1.27 bits per heavy atom. The van der Waals surface area contributed by atoms with Crippen LogP contribution in [0.5, 0.6) is 0 Å². The summed E-state index contributed by atoms with van der Waals surface area (Å²) in [5.41, 5.74) is 0.757. The van der Waals surface area contributed by atoms with Gasteiger partial charge >= 0.3 is 0 Å². The largest absolute Gasteiger partial charge is 0.394 e. The molecule has 22 heavy (non-hydrogen) atoms. The maximum Gasteiger partial charge on any atom is 0.114 e.